The Morgan fingerprint density at radius 3 is 3.15 bits per heavy atom. The molecule has 0 aromatic heterocycles. The molecule has 2 heterocycles. The highest BCUT2D eigenvalue weighted by molar-refractivity contribution is 4.88. The minimum absolute atomic E-state index is 0.406. The molecule has 0 amide bonds. The Bertz CT molecular complexity index is 166. The summed E-state index contributed by atoms with van der Waals surface area (Å²) in [6, 6.07) is 0. The second-order valence-corrected chi connectivity index (χ2v) is 4.57. The predicted octanol–water partition coefficient (Wildman–Crippen LogP) is 0.318. The summed E-state index contributed by atoms with van der Waals surface area (Å²) in [7, 11) is 2.20. The van der Waals surface area contributed by atoms with Gasteiger partial charge >= 0.3 is 0 Å². The van der Waals surface area contributed by atoms with Gasteiger partial charge in [0.25, 0.3) is 0 Å². The van der Waals surface area contributed by atoms with E-state index in [1.807, 2.05) is 0 Å². The van der Waals surface area contributed by atoms with Gasteiger partial charge in [0.15, 0.2) is 0 Å². The number of nitrogens with zero attached hydrogens (tertiary/aromatic N) is 1. The van der Waals surface area contributed by atoms with Crippen LogP contribution in [0.15, 0.2) is 0 Å². The van der Waals surface area contributed by atoms with E-state index in [1.54, 1.807) is 0 Å². The molecule has 3 nitrogen and oxygen atoms in total. The molecule has 2 rings (SSSR count). The summed E-state index contributed by atoms with van der Waals surface area (Å²) in [6.45, 7) is 6.45. The van der Waals surface area contributed by atoms with Crippen LogP contribution in [0.5, 0.6) is 0 Å². The van der Waals surface area contributed by atoms with Gasteiger partial charge in [0.2, 0.25) is 0 Å². The molecular weight excluding hydrogens is 164 g/mol. The van der Waals surface area contributed by atoms with Crippen molar-refractivity contribution in [3.05, 3.63) is 0 Å². The van der Waals surface area contributed by atoms with Crippen molar-refractivity contribution >= 4 is 0 Å². The van der Waals surface area contributed by atoms with E-state index < -0.39 is 0 Å². The summed E-state index contributed by atoms with van der Waals surface area (Å²) in [4.78, 5) is 2.40. The quantitative estimate of drug-likeness (QED) is 0.587. The highest BCUT2D eigenvalue weighted by atomic mass is 16.5. The average molecular weight is 184 g/mol. The molecule has 1 atom stereocenters. The van der Waals surface area contributed by atoms with Crippen molar-refractivity contribution in [2.45, 2.75) is 12.8 Å². The lowest BCUT2D eigenvalue weighted by atomic mass is 9.81. The third-order valence-electron chi connectivity index (χ3n) is 3.19. The lowest BCUT2D eigenvalue weighted by Gasteiger charge is -2.37. The van der Waals surface area contributed by atoms with Gasteiger partial charge in [0, 0.05) is 25.0 Å². The summed E-state index contributed by atoms with van der Waals surface area (Å²) >= 11 is 0. The van der Waals surface area contributed by atoms with Gasteiger partial charge in [-0.2, -0.15) is 0 Å². The van der Waals surface area contributed by atoms with Crippen LogP contribution >= 0.6 is 0 Å². The molecule has 2 fully saturated rings. The van der Waals surface area contributed by atoms with Crippen molar-refractivity contribution in [3.8, 4) is 0 Å². The van der Waals surface area contributed by atoms with Gasteiger partial charge in [-0.05, 0) is 26.4 Å². The van der Waals surface area contributed by atoms with Crippen LogP contribution in [0.4, 0.5) is 0 Å². The van der Waals surface area contributed by atoms with Gasteiger partial charge in [-0.1, -0.05) is 0 Å². The number of ether oxygens (including phenoxy) is 1. The molecule has 1 N–H and O–H groups in total. The van der Waals surface area contributed by atoms with E-state index in [-0.39, 0.29) is 0 Å². The zero-order chi connectivity index (χ0) is 9.15. The van der Waals surface area contributed by atoms with Crippen LogP contribution in [0.3, 0.4) is 0 Å². The van der Waals surface area contributed by atoms with E-state index in [1.165, 1.54) is 25.9 Å². The van der Waals surface area contributed by atoms with Crippen LogP contribution < -0.4 is 5.32 Å². The zero-order valence-corrected chi connectivity index (χ0v) is 8.51. The van der Waals surface area contributed by atoms with Crippen LogP contribution in [0.1, 0.15) is 12.8 Å². The number of piperidine rings is 1. The topological polar surface area (TPSA) is 24.5 Å². The van der Waals surface area contributed by atoms with Crippen molar-refractivity contribution in [3.63, 3.8) is 0 Å². The number of rotatable bonds is 0. The van der Waals surface area contributed by atoms with Gasteiger partial charge in [-0.25, -0.2) is 0 Å². The van der Waals surface area contributed by atoms with E-state index in [4.69, 9.17) is 4.74 Å². The SMILES string of the molecule is CN1CCOC[C@@]2(CCCNC2)C1. The van der Waals surface area contributed by atoms with Crippen molar-refractivity contribution in [1.82, 2.24) is 10.2 Å². The first-order valence-electron chi connectivity index (χ1n) is 5.28. The van der Waals surface area contributed by atoms with Gasteiger partial charge in [-0.3, -0.25) is 0 Å². The summed E-state index contributed by atoms with van der Waals surface area (Å²) in [5, 5.41) is 3.49. The minimum Gasteiger partial charge on any atom is -0.379 e. The van der Waals surface area contributed by atoms with E-state index >= 15 is 0 Å². The average Bonchev–Trinajstić information content (AvgIpc) is 2.29. The number of hydrogen-bond donors (Lipinski definition) is 1. The molecule has 76 valence electrons. The third-order valence-corrected chi connectivity index (χ3v) is 3.19. The van der Waals surface area contributed by atoms with Gasteiger partial charge in [0.05, 0.1) is 13.2 Å². The van der Waals surface area contributed by atoms with Crippen LogP contribution in [-0.4, -0.2) is 51.3 Å². The molecule has 0 aromatic carbocycles. The number of nitrogens with one attached hydrogen (secondary N) is 1. The van der Waals surface area contributed by atoms with Crippen molar-refractivity contribution in [2.75, 3.05) is 46.4 Å². The fraction of sp³-hybridized carbons (Fsp3) is 1.00. The van der Waals surface area contributed by atoms with Crippen molar-refractivity contribution in [1.29, 1.82) is 0 Å². The van der Waals surface area contributed by atoms with Crippen LogP contribution in [0.25, 0.3) is 0 Å². The van der Waals surface area contributed by atoms with Crippen molar-refractivity contribution in [2.24, 2.45) is 5.41 Å². The first-order chi connectivity index (χ1) is 6.31. The zero-order valence-electron chi connectivity index (χ0n) is 8.51. The second kappa shape index (κ2) is 3.95. The largest absolute Gasteiger partial charge is 0.379 e. The molecule has 0 radical (unpaired) electrons. The fourth-order valence-electron chi connectivity index (χ4n) is 2.49. The fourth-order valence-corrected chi connectivity index (χ4v) is 2.49. The highest BCUT2D eigenvalue weighted by Crippen LogP contribution is 2.28. The second-order valence-electron chi connectivity index (χ2n) is 4.57. The van der Waals surface area contributed by atoms with E-state index in [9.17, 15) is 0 Å². The number of hydrogen-bond acceptors (Lipinski definition) is 3. The van der Waals surface area contributed by atoms with E-state index in [0.717, 1.165) is 26.3 Å². The Hall–Kier alpha value is -0.120. The molecule has 1 spiro atoms. The van der Waals surface area contributed by atoms with Gasteiger partial charge < -0.3 is 15.0 Å². The predicted molar refractivity (Wildman–Crippen MR) is 52.9 cm³/mol. The molecule has 13 heavy (non-hydrogen) atoms. The number of likely N-dealkylation sites (N-methyl/N-ethyl adjacent to an activating group) is 1. The Labute approximate surface area is 80.4 Å². The Morgan fingerprint density at radius 1 is 1.46 bits per heavy atom. The molecule has 0 aromatic rings. The summed E-state index contributed by atoms with van der Waals surface area (Å²) < 4.78 is 5.68. The first kappa shape index (κ1) is 9.44. The standard InChI is InChI=1S/C10H20N2O/c1-12-5-6-13-9-10(8-12)3-2-4-11-7-10/h11H,2-9H2,1H3/t10-/m1/s1. The molecular formula is C10H20N2O. The maximum Gasteiger partial charge on any atom is 0.0593 e. The van der Waals surface area contributed by atoms with Crippen LogP contribution in [-0.2, 0) is 4.74 Å². The summed E-state index contributed by atoms with van der Waals surface area (Å²) in [6.07, 6.45) is 2.63. The van der Waals surface area contributed by atoms with E-state index in [0.29, 0.717) is 5.41 Å². The summed E-state index contributed by atoms with van der Waals surface area (Å²) in [5.74, 6) is 0. The van der Waals surface area contributed by atoms with Crippen LogP contribution in [0.2, 0.25) is 0 Å². The molecule has 0 aliphatic carbocycles. The lowest BCUT2D eigenvalue weighted by Crippen LogP contribution is -2.48. The van der Waals surface area contributed by atoms with E-state index in [2.05, 4.69) is 17.3 Å². The summed E-state index contributed by atoms with van der Waals surface area (Å²) in [5.41, 5.74) is 0.406. The normalized spacial score (nSPS) is 37.6. The smallest absolute Gasteiger partial charge is 0.0593 e. The maximum absolute atomic E-state index is 5.68. The molecule has 2 aliphatic heterocycles. The monoisotopic (exact) mass is 184 g/mol. The Morgan fingerprint density at radius 2 is 2.38 bits per heavy atom. The molecule has 2 aliphatic rings. The minimum atomic E-state index is 0.406. The first-order valence-corrected chi connectivity index (χ1v) is 5.28. The Kier molecular flexibility index (Phi) is 2.86. The molecule has 2 saturated heterocycles. The lowest BCUT2D eigenvalue weighted by molar-refractivity contribution is 0.0502. The van der Waals surface area contributed by atoms with Gasteiger partial charge in [0.1, 0.15) is 0 Å². The highest BCUT2D eigenvalue weighted by Gasteiger charge is 2.34. The van der Waals surface area contributed by atoms with Crippen LogP contribution in [0, 0.1) is 5.41 Å². The Balaban J connectivity index is 2.00. The molecule has 0 saturated carbocycles. The van der Waals surface area contributed by atoms with Crippen molar-refractivity contribution < 1.29 is 4.74 Å². The molecule has 0 bridgehead atoms. The maximum atomic E-state index is 5.68. The van der Waals surface area contributed by atoms with Gasteiger partial charge in [-0.15, -0.1) is 0 Å². The molecule has 0 unspecified atom stereocenters. The molecule has 3 heteroatoms. The third kappa shape index (κ3) is 2.22.